The molecule has 156 valence electrons. The Balaban J connectivity index is 0.00000225. The summed E-state index contributed by atoms with van der Waals surface area (Å²) in [6.07, 6.45) is 3.39. The molecule has 1 aromatic carbocycles. The molecular formula is C20H30ClN3O3S. The SMILES string of the molecule is Cc1ccc(S(=O)(=O)N2CCCC2C(=O)N2CC[C@@H]3CNC[C@@H]3CC2)cc1.Cl. The van der Waals surface area contributed by atoms with Crippen molar-refractivity contribution in [1.29, 1.82) is 0 Å². The van der Waals surface area contributed by atoms with Gasteiger partial charge < -0.3 is 10.2 Å². The number of carbonyl (C=O) groups excluding carboxylic acids is 1. The quantitative estimate of drug-likeness (QED) is 0.801. The number of carbonyl (C=O) groups is 1. The minimum atomic E-state index is -3.64. The van der Waals surface area contributed by atoms with Crippen LogP contribution in [-0.2, 0) is 14.8 Å². The summed E-state index contributed by atoms with van der Waals surface area (Å²) in [5.74, 6) is 1.30. The fourth-order valence-electron chi connectivity index (χ4n) is 4.77. The van der Waals surface area contributed by atoms with Gasteiger partial charge in [0, 0.05) is 19.6 Å². The highest BCUT2D eigenvalue weighted by Gasteiger charge is 2.42. The zero-order chi connectivity index (χ0) is 19.0. The lowest BCUT2D eigenvalue weighted by molar-refractivity contribution is -0.134. The molecule has 3 aliphatic heterocycles. The minimum absolute atomic E-state index is 0. The summed E-state index contributed by atoms with van der Waals surface area (Å²) in [5, 5.41) is 3.45. The Bertz CT molecular complexity index is 785. The predicted molar refractivity (Wildman–Crippen MR) is 111 cm³/mol. The lowest BCUT2D eigenvalue weighted by atomic mass is 9.92. The summed E-state index contributed by atoms with van der Waals surface area (Å²) in [7, 11) is -3.64. The van der Waals surface area contributed by atoms with E-state index in [1.54, 1.807) is 24.3 Å². The molecule has 3 heterocycles. The number of aryl methyl sites for hydroxylation is 1. The number of nitrogens with one attached hydrogen (secondary N) is 1. The number of amides is 1. The van der Waals surface area contributed by atoms with Gasteiger partial charge in [-0.3, -0.25) is 4.79 Å². The first-order valence-electron chi connectivity index (χ1n) is 10.0. The predicted octanol–water partition coefficient (Wildman–Crippen LogP) is 2.03. The maximum absolute atomic E-state index is 13.2. The van der Waals surface area contributed by atoms with Crippen LogP contribution in [0.1, 0.15) is 31.2 Å². The zero-order valence-corrected chi connectivity index (χ0v) is 18.0. The summed E-state index contributed by atoms with van der Waals surface area (Å²) < 4.78 is 27.7. The second kappa shape index (κ2) is 8.69. The zero-order valence-electron chi connectivity index (χ0n) is 16.3. The van der Waals surface area contributed by atoms with Gasteiger partial charge in [0.15, 0.2) is 0 Å². The van der Waals surface area contributed by atoms with Crippen molar-refractivity contribution in [1.82, 2.24) is 14.5 Å². The average Bonchev–Trinajstić information content (AvgIpc) is 3.28. The highest BCUT2D eigenvalue weighted by atomic mass is 35.5. The molecule has 1 N–H and O–H groups in total. The molecule has 3 saturated heterocycles. The summed E-state index contributed by atoms with van der Waals surface area (Å²) in [6, 6.07) is 6.35. The number of benzene rings is 1. The Kier molecular flexibility index (Phi) is 6.69. The molecule has 3 fully saturated rings. The molecule has 4 rings (SSSR count). The lowest BCUT2D eigenvalue weighted by Crippen LogP contribution is -2.48. The molecule has 0 bridgehead atoms. The van der Waals surface area contributed by atoms with E-state index in [2.05, 4.69) is 5.32 Å². The number of hydrogen-bond acceptors (Lipinski definition) is 4. The summed E-state index contributed by atoms with van der Waals surface area (Å²) in [4.78, 5) is 15.4. The Labute approximate surface area is 174 Å². The fraction of sp³-hybridized carbons (Fsp3) is 0.650. The van der Waals surface area contributed by atoms with E-state index in [1.807, 2.05) is 11.8 Å². The Morgan fingerprint density at radius 2 is 1.61 bits per heavy atom. The highest BCUT2D eigenvalue weighted by molar-refractivity contribution is 7.89. The molecule has 28 heavy (non-hydrogen) atoms. The van der Waals surface area contributed by atoms with Crippen LogP contribution in [0.5, 0.6) is 0 Å². The first-order valence-corrected chi connectivity index (χ1v) is 11.5. The molecule has 1 amide bonds. The van der Waals surface area contributed by atoms with Crippen molar-refractivity contribution >= 4 is 28.3 Å². The molecule has 3 atom stereocenters. The fourth-order valence-corrected chi connectivity index (χ4v) is 6.42. The number of rotatable bonds is 3. The number of halogens is 1. The van der Waals surface area contributed by atoms with Crippen molar-refractivity contribution in [3.8, 4) is 0 Å². The van der Waals surface area contributed by atoms with Gasteiger partial charge in [0.2, 0.25) is 15.9 Å². The lowest BCUT2D eigenvalue weighted by Gasteiger charge is -2.29. The van der Waals surface area contributed by atoms with Crippen molar-refractivity contribution < 1.29 is 13.2 Å². The third kappa shape index (κ3) is 4.08. The molecule has 6 nitrogen and oxygen atoms in total. The van der Waals surface area contributed by atoms with Crippen molar-refractivity contribution in [3.05, 3.63) is 29.8 Å². The molecule has 8 heteroatoms. The molecule has 1 unspecified atom stereocenters. The van der Waals surface area contributed by atoms with Crippen LogP contribution in [0.3, 0.4) is 0 Å². The van der Waals surface area contributed by atoms with Gasteiger partial charge in [-0.1, -0.05) is 17.7 Å². The number of likely N-dealkylation sites (tertiary alicyclic amines) is 1. The van der Waals surface area contributed by atoms with Crippen LogP contribution in [0, 0.1) is 18.8 Å². The third-order valence-electron chi connectivity index (χ3n) is 6.45. The largest absolute Gasteiger partial charge is 0.341 e. The molecule has 0 aliphatic carbocycles. The van der Waals surface area contributed by atoms with Gasteiger partial charge in [-0.25, -0.2) is 8.42 Å². The van der Waals surface area contributed by atoms with Gasteiger partial charge in [-0.05, 0) is 69.7 Å². The van der Waals surface area contributed by atoms with Gasteiger partial charge in [-0.15, -0.1) is 12.4 Å². The van der Waals surface area contributed by atoms with Gasteiger partial charge in [0.05, 0.1) is 4.90 Å². The van der Waals surface area contributed by atoms with E-state index in [0.717, 1.165) is 51.0 Å². The van der Waals surface area contributed by atoms with Crippen molar-refractivity contribution in [2.24, 2.45) is 11.8 Å². The average molecular weight is 428 g/mol. The van der Waals surface area contributed by atoms with E-state index in [-0.39, 0.29) is 23.2 Å². The van der Waals surface area contributed by atoms with Gasteiger partial charge in [0.1, 0.15) is 6.04 Å². The van der Waals surface area contributed by atoms with Crippen molar-refractivity contribution in [3.63, 3.8) is 0 Å². The van der Waals surface area contributed by atoms with Crippen molar-refractivity contribution in [2.45, 2.75) is 43.5 Å². The summed E-state index contributed by atoms with van der Waals surface area (Å²) >= 11 is 0. The van der Waals surface area contributed by atoms with Crippen LogP contribution in [0.15, 0.2) is 29.2 Å². The first kappa shape index (κ1) is 21.6. The Morgan fingerprint density at radius 1 is 1.00 bits per heavy atom. The van der Waals surface area contributed by atoms with E-state index < -0.39 is 16.1 Å². The van der Waals surface area contributed by atoms with E-state index >= 15 is 0 Å². The molecule has 3 aliphatic rings. The second-order valence-corrected chi connectivity index (χ2v) is 10.1. The van der Waals surface area contributed by atoms with E-state index in [1.165, 1.54) is 4.31 Å². The van der Waals surface area contributed by atoms with E-state index in [0.29, 0.717) is 24.8 Å². The van der Waals surface area contributed by atoms with Crippen LogP contribution in [-0.4, -0.2) is 62.3 Å². The Hall–Kier alpha value is -1.15. The van der Waals surface area contributed by atoms with E-state index in [4.69, 9.17) is 0 Å². The summed E-state index contributed by atoms with van der Waals surface area (Å²) in [5.41, 5.74) is 1.02. The van der Waals surface area contributed by atoms with Gasteiger partial charge >= 0.3 is 0 Å². The van der Waals surface area contributed by atoms with Gasteiger partial charge in [-0.2, -0.15) is 4.31 Å². The van der Waals surface area contributed by atoms with Crippen LogP contribution in [0.25, 0.3) is 0 Å². The summed E-state index contributed by atoms with van der Waals surface area (Å²) in [6.45, 7) is 5.94. The molecule has 0 spiro atoms. The Morgan fingerprint density at radius 3 is 2.21 bits per heavy atom. The third-order valence-corrected chi connectivity index (χ3v) is 8.37. The number of nitrogens with zero attached hydrogens (tertiary/aromatic N) is 2. The molecule has 1 aromatic rings. The molecular weight excluding hydrogens is 398 g/mol. The van der Waals surface area contributed by atoms with E-state index in [9.17, 15) is 13.2 Å². The minimum Gasteiger partial charge on any atom is -0.341 e. The van der Waals surface area contributed by atoms with Crippen LogP contribution < -0.4 is 5.32 Å². The van der Waals surface area contributed by atoms with Crippen LogP contribution in [0.4, 0.5) is 0 Å². The monoisotopic (exact) mass is 427 g/mol. The second-order valence-electron chi connectivity index (χ2n) is 8.17. The van der Waals surface area contributed by atoms with Gasteiger partial charge in [0.25, 0.3) is 0 Å². The number of hydrogen-bond donors (Lipinski definition) is 1. The number of sulfonamides is 1. The number of fused-ring (bicyclic) bond motifs is 1. The molecule has 0 saturated carbocycles. The normalized spacial score (nSPS) is 28.5. The maximum atomic E-state index is 13.2. The standard InChI is InChI=1S/C20H29N3O3S.ClH/c1-15-4-6-18(7-5-15)27(25,26)23-10-2-3-19(23)20(24)22-11-8-16-13-21-14-17(16)9-12-22;/h4-7,16-17,19,21H,2-3,8-14H2,1H3;1H/t16-,17+,19?;. The molecule has 0 radical (unpaired) electrons. The molecule has 0 aromatic heterocycles. The van der Waals surface area contributed by atoms with Crippen molar-refractivity contribution in [2.75, 3.05) is 32.7 Å². The van der Waals surface area contributed by atoms with Crippen LogP contribution in [0.2, 0.25) is 0 Å². The van der Waals surface area contributed by atoms with Crippen LogP contribution >= 0.6 is 12.4 Å². The maximum Gasteiger partial charge on any atom is 0.243 e. The highest BCUT2D eigenvalue weighted by Crippen LogP contribution is 2.31. The first-order chi connectivity index (χ1) is 13.0. The topological polar surface area (TPSA) is 69.7 Å². The smallest absolute Gasteiger partial charge is 0.243 e.